The molecule has 0 N–H and O–H groups in total. The minimum atomic E-state index is 0.0898. The molecule has 124 valence electrons. The lowest BCUT2D eigenvalue weighted by Crippen LogP contribution is -2.35. The number of anilines is 1. The highest BCUT2D eigenvalue weighted by Gasteiger charge is 2.23. The third-order valence-corrected chi connectivity index (χ3v) is 4.97. The van der Waals surface area contributed by atoms with Gasteiger partial charge in [-0.3, -0.25) is 4.79 Å². The van der Waals surface area contributed by atoms with E-state index in [-0.39, 0.29) is 5.91 Å². The number of nitriles is 1. The number of hydrogen-bond acceptors (Lipinski definition) is 5. The van der Waals surface area contributed by atoms with Crippen molar-refractivity contribution in [3.8, 4) is 6.07 Å². The normalized spacial score (nSPS) is 15.0. The second-order valence-corrected chi connectivity index (χ2v) is 6.82. The second kappa shape index (κ2) is 7.02. The Morgan fingerprint density at radius 1 is 1.29 bits per heavy atom. The molecule has 0 unspecified atom stereocenters. The van der Waals surface area contributed by atoms with Crippen LogP contribution in [0.5, 0.6) is 0 Å². The number of nitrogens with zero attached hydrogens (tertiary/aromatic N) is 4. The first-order valence-corrected chi connectivity index (χ1v) is 8.99. The van der Waals surface area contributed by atoms with Gasteiger partial charge in [0.1, 0.15) is 11.9 Å². The molecule has 0 saturated carbocycles. The number of carbonyl (C=O) groups is 1. The standard InChI is InChI=1S/C18H20N4OS/c1-13-10-14(2)20-17(16(13)11-19)21-5-3-6-22(8-7-21)18(23)15-4-9-24-12-15/h4,9-10,12H,3,5-8H2,1-2H3. The Morgan fingerprint density at radius 3 is 2.83 bits per heavy atom. The number of rotatable bonds is 2. The zero-order valence-electron chi connectivity index (χ0n) is 14.0. The maximum absolute atomic E-state index is 12.5. The van der Waals surface area contributed by atoms with Gasteiger partial charge in [0.15, 0.2) is 0 Å². The van der Waals surface area contributed by atoms with E-state index >= 15 is 0 Å². The first kappa shape index (κ1) is 16.5. The number of pyridine rings is 1. The van der Waals surface area contributed by atoms with Crippen LogP contribution in [-0.2, 0) is 0 Å². The Kier molecular flexibility index (Phi) is 4.81. The van der Waals surface area contributed by atoms with Crippen molar-refractivity contribution in [2.24, 2.45) is 0 Å². The van der Waals surface area contributed by atoms with Crippen LogP contribution in [0.15, 0.2) is 22.9 Å². The minimum Gasteiger partial charge on any atom is -0.354 e. The zero-order valence-corrected chi connectivity index (χ0v) is 14.8. The van der Waals surface area contributed by atoms with Gasteiger partial charge in [0.25, 0.3) is 5.91 Å². The van der Waals surface area contributed by atoms with E-state index in [1.807, 2.05) is 41.6 Å². The van der Waals surface area contributed by atoms with Crippen LogP contribution in [0.2, 0.25) is 0 Å². The van der Waals surface area contributed by atoms with Gasteiger partial charge in [-0.1, -0.05) is 0 Å². The molecule has 6 heteroatoms. The van der Waals surface area contributed by atoms with Crippen LogP contribution in [0.3, 0.4) is 0 Å². The van der Waals surface area contributed by atoms with Crippen LogP contribution in [0, 0.1) is 25.2 Å². The number of aromatic nitrogens is 1. The van der Waals surface area contributed by atoms with Crippen molar-refractivity contribution in [2.75, 3.05) is 31.1 Å². The van der Waals surface area contributed by atoms with Crippen molar-refractivity contribution >= 4 is 23.1 Å². The molecule has 2 aromatic heterocycles. The minimum absolute atomic E-state index is 0.0898. The molecule has 0 bridgehead atoms. The van der Waals surface area contributed by atoms with Crippen molar-refractivity contribution in [1.29, 1.82) is 5.26 Å². The van der Waals surface area contributed by atoms with Gasteiger partial charge in [-0.25, -0.2) is 4.98 Å². The van der Waals surface area contributed by atoms with Crippen molar-refractivity contribution in [3.05, 3.63) is 45.3 Å². The third-order valence-electron chi connectivity index (χ3n) is 4.29. The molecule has 24 heavy (non-hydrogen) atoms. The van der Waals surface area contributed by atoms with Crippen molar-refractivity contribution < 1.29 is 4.79 Å². The molecule has 1 aliphatic heterocycles. The monoisotopic (exact) mass is 340 g/mol. The Morgan fingerprint density at radius 2 is 2.12 bits per heavy atom. The molecule has 1 amide bonds. The molecule has 0 aliphatic carbocycles. The van der Waals surface area contributed by atoms with E-state index in [0.29, 0.717) is 18.7 Å². The molecule has 0 atom stereocenters. The molecular formula is C18H20N4OS. The molecule has 0 aromatic carbocycles. The number of hydrogen-bond donors (Lipinski definition) is 0. The van der Waals surface area contributed by atoms with Crippen LogP contribution in [0.25, 0.3) is 0 Å². The highest BCUT2D eigenvalue weighted by atomic mass is 32.1. The van der Waals surface area contributed by atoms with Gasteiger partial charge < -0.3 is 9.80 Å². The summed E-state index contributed by atoms with van der Waals surface area (Å²) in [4.78, 5) is 21.2. The summed E-state index contributed by atoms with van der Waals surface area (Å²) in [6.45, 7) is 6.77. The Bertz CT molecular complexity index is 779. The molecule has 1 fully saturated rings. The lowest BCUT2D eigenvalue weighted by Gasteiger charge is -2.24. The van der Waals surface area contributed by atoms with E-state index in [9.17, 15) is 10.1 Å². The van der Waals surface area contributed by atoms with Crippen molar-refractivity contribution in [3.63, 3.8) is 0 Å². The average molecular weight is 340 g/mol. The van der Waals surface area contributed by atoms with Gasteiger partial charge >= 0.3 is 0 Å². The quantitative estimate of drug-likeness (QED) is 0.843. The van der Waals surface area contributed by atoms with Gasteiger partial charge in [0, 0.05) is 37.3 Å². The molecule has 1 saturated heterocycles. The maximum atomic E-state index is 12.5. The lowest BCUT2D eigenvalue weighted by atomic mass is 10.1. The summed E-state index contributed by atoms with van der Waals surface area (Å²) >= 11 is 1.54. The summed E-state index contributed by atoms with van der Waals surface area (Å²) in [7, 11) is 0. The van der Waals surface area contributed by atoms with Gasteiger partial charge in [-0.2, -0.15) is 16.6 Å². The van der Waals surface area contributed by atoms with Crippen LogP contribution in [0.1, 0.15) is 33.6 Å². The summed E-state index contributed by atoms with van der Waals surface area (Å²) in [5, 5.41) is 13.3. The van der Waals surface area contributed by atoms with Crippen LogP contribution < -0.4 is 4.90 Å². The van der Waals surface area contributed by atoms with E-state index in [0.717, 1.165) is 42.1 Å². The molecule has 0 radical (unpaired) electrons. The Balaban J connectivity index is 1.79. The topological polar surface area (TPSA) is 60.2 Å². The maximum Gasteiger partial charge on any atom is 0.254 e. The number of aryl methyl sites for hydroxylation is 2. The summed E-state index contributed by atoms with van der Waals surface area (Å²) in [5.74, 6) is 0.840. The predicted octanol–water partition coefficient (Wildman–Crippen LogP) is 2.98. The molecular weight excluding hydrogens is 320 g/mol. The molecule has 1 aliphatic rings. The molecule has 2 aromatic rings. The lowest BCUT2D eigenvalue weighted by molar-refractivity contribution is 0.0767. The fraction of sp³-hybridized carbons (Fsp3) is 0.389. The molecule has 5 nitrogen and oxygen atoms in total. The van der Waals surface area contributed by atoms with E-state index < -0.39 is 0 Å². The van der Waals surface area contributed by atoms with Gasteiger partial charge in [-0.15, -0.1) is 0 Å². The first-order valence-electron chi connectivity index (χ1n) is 8.05. The largest absolute Gasteiger partial charge is 0.354 e. The number of thiophene rings is 1. The summed E-state index contributed by atoms with van der Waals surface area (Å²) in [6, 6.07) is 6.09. The Hall–Kier alpha value is -2.39. The number of amides is 1. The van der Waals surface area contributed by atoms with Crippen LogP contribution >= 0.6 is 11.3 Å². The molecule has 3 rings (SSSR count). The Labute approximate surface area is 146 Å². The van der Waals surface area contributed by atoms with E-state index in [1.54, 1.807) is 0 Å². The SMILES string of the molecule is Cc1cc(C)c(C#N)c(N2CCCN(C(=O)c3ccsc3)CC2)n1. The second-order valence-electron chi connectivity index (χ2n) is 6.04. The summed E-state index contributed by atoms with van der Waals surface area (Å²) < 4.78 is 0. The predicted molar refractivity (Wildman–Crippen MR) is 95.5 cm³/mol. The molecule has 3 heterocycles. The zero-order chi connectivity index (χ0) is 17.1. The average Bonchev–Trinajstić information content (AvgIpc) is 2.98. The number of carbonyl (C=O) groups excluding carboxylic acids is 1. The van der Waals surface area contributed by atoms with Gasteiger partial charge in [0.05, 0.1) is 11.1 Å². The van der Waals surface area contributed by atoms with Crippen molar-refractivity contribution in [2.45, 2.75) is 20.3 Å². The molecule has 0 spiro atoms. The van der Waals surface area contributed by atoms with Gasteiger partial charge in [-0.05, 0) is 43.3 Å². The summed E-state index contributed by atoms with van der Waals surface area (Å²) in [5.41, 5.74) is 3.27. The highest BCUT2D eigenvalue weighted by molar-refractivity contribution is 7.08. The highest BCUT2D eigenvalue weighted by Crippen LogP contribution is 2.23. The third kappa shape index (κ3) is 3.26. The van der Waals surface area contributed by atoms with Gasteiger partial charge in [0.2, 0.25) is 0 Å². The van der Waals surface area contributed by atoms with E-state index in [2.05, 4.69) is 16.0 Å². The van der Waals surface area contributed by atoms with Crippen LogP contribution in [-0.4, -0.2) is 42.0 Å². The van der Waals surface area contributed by atoms with E-state index in [4.69, 9.17) is 0 Å². The van der Waals surface area contributed by atoms with Crippen LogP contribution in [0.4, 0.5) is 5.82 Å². The fourth-order valence-electron chi connectivity index (χ4n) is 3.09. The van der Waals surface area contributed by atoms with Crippen molar-refractivity contribution in [1.82, 2.24) is 9.88 Å². The fourth-order valence-corrected chi connectivity index (χ4v) is 3.71. The first-order chi connectivity index (χ1) is 11.6. The van der Waals surface area contributed by atoms with E-state index in [1.165, 1.54) is 11.3 Å². The smallest absolute Gasteiger partial charge is 0.254 e. The summed E-state index contributed by atoms with van der Waals surface area (Å²) in [6.07, 6.45) is 0.870.